The Kier molecular flexibility index (Phi) is 4.48. The minimum Gasteiger partial charge on any atom is -0.479 e. The van der Waals surface area contributed by atoms with Crippen LogP contribution < -0.4 is 0 Å². The van der Waals surface area contributed by atoms with Gasteiger partial charge in [-0.25, -0.2) is 17.6 Å². The summed E-state index contributed by atoms with van der Waals surface area (Å²) in [7, 11) is -3.48. The Balaban J connectivity index is 2.38. The Morgan fingerprint density at radius 1 is 1.39 bits per heavy atom. The molecule has 1 fully saturated rings. The fourth-order valence-electron chi connectivity index (χ4n) is 2.58. The monoisotopic (exact) mass is 343 g/mol. The lowest BCUT2D eigenvalue weighted by Crippen LogP contribution is -2.39. The van der Waals surface area contributed by atoms with E-state index in [9.17, 15) is 22.4 Å². The van der Waals surface area contributed by atoms with Crippen LogP contribution >= 0.6 is 0 Å². The third-order valence-corrected chi connectivity index (χ3v) is 5.12. The molecule has 126 valence electrons. The van der Waals surface area contributed by atoms with Crippen LogP contribution in [0.3, 0.4) is 0 Å². The maximum atomic E-state index is 14.1. The van der Waals surface area contributed by atoms with Gasteiger partial charge < -0.3 is 10.0 Å². The normalized spacial score (nSPS) is 21.4. The van der Waals surface area contributed by atoms with Crippen molar-refractivity contribution in [2.24, 2.45) is 0 Å². The van der Waals surface area contributed by atoms with Crippen molar-refractivity contribution in [1.29, 1.82) is 0 Å². The third kappa shape index (κ3) is 3.36. The Morgan fingerprint density at radius 2 is 2.04 bits per heavy atom. The molecule has 1 atom stereocenters. The Morgan fingerprint density at radius 3 is 2.52 bits per heavy atom. The van der Waals surface area contributed by atoms with E-state index in [2.05, 4.69) is 0 Å². The summed E-state index contributed by atoms with van der Waals surface area (Å²) in [5, 5.41) is 8.90. The summed E-state index contributed by atoms with van der Waals surface area (Å²) < 4.78 is 37.4. The molecule has 1 aliphatic heterocycles. The maximum absolute atomic E-state index is 14.1. The molecule has 0 saturated carbocycles. The second-order valence-corrected chi connectivity index (χ2v) is 7.71. The van der Waals surface area contributed by atoms with Crippen molar-refractivity contribution < 1.29 is 27.5 Å². The Bertz CT molecular complexity index is 761. The number of rotatable bonds is 4. The third-order valence-electron chi connectivity index (χ3n) is 4.01. The van der Waals surface area contributed by atoms with Crippen LogP contribution in [0.1, 0.15) is 29.3 Å². The number of carbonyl (C=O) groups excluding carboxylic acids is 1. The molecule has 6 nitrogen and oxygen atoms in total. The molecule has 0 aromatic heterocycles. The number of carbonyl (C=O) groups is 2. The summed E-state index contributed by atoms with van der Waals surface area (Å²) >= 11 is 0. The van der Waals surface area contributed by atoms with E-state index in [0.29, 0.717) is 12.0 Å². The minimum atomic E-state index is -3.48. The van der Waals surface area contributed by atoms with Gasteiger partial charge in [-0.05, 0) is 24.1 Å². The number of carboxylic acid groups (broad SMARTS) is 1. The van der Waals surface area contributed by atoms with Crippen molar-refractivity contribution >= 4 is 21.7 Å². The predicted octanol–water partition coefficient (Wildman–Crippen LogP) is 1.29. The van der Waals surface area contributed by atoms with Gasteiger partial charge in [-0.2, -0.15) is 0 Å². The lowest BCUT2D eigenvalue weighted by atomic mass is 10.0. The second-order valence-electron chi connectivity index (χ2n) is 5.69. The van der Waals surface area contributed by atoms with E-state index in [0.717, 1.165) is 11.2 Å². The number of carboxylic acids is 1. The highest BCUT2D eigenvalue weighted by Crippen LogP contribution is 2.28. The van der Waals surface area contributed by atoms with E-state index in [4.69, 9.17) is 5.11 Å². The van der Waals surface area contributed by atoms with Gasteiger partial charge >= 0.3 is 5.97 Å². The summed E-state index contributed by atoms with van der Waals surface area (Å²) in [5.41, 5.74) is -1.64. The van der Waals surface area contributed by atoms with E-state index < -0.39 is 33.9 Å². The van der Waals surface area contributed by atoms with Crippen LogP contribution in [0.5, 0.6) is 0 Å². The summed E-state index contributed by atoms with van der Waals surface area (Å²) in [4.78, 5) is 24.7. The molecule has 1 heterocycles. The average Bonchev–Trinajstić information content (AvgIpc) is 2.89. The number of aryl methyl sites for hydroxylation is 1. The fraction of sp³-hybridized carbons (Fsp3) is 0.467. The molecule has 0 aliphatic carbocycles. The molecule has 1 aliphatic rings. The van der Waals surface area contributed by atoms with Crippen molar-refractivity contribution in [1.82, 2.24) is 4.90 Å². The lowest BCUT2D eigenvalue weighted by molar-refractivity contribution is -0.149. The second kappa shape index (κ2) is 5.92. The smallest absolute Gasteiger partial charge is 0.343 e. The van der Waals surface area contributed by atoms with Gasteiger partial charge in [-0.3, -0.25) is 4.79 Å². The molecule has 1 aromatic rings. The quantitative estimate of drug-likeness (QED) is 0.889. The van der Waals surface area contributed by atoms with Crippen LogP contribution in [0.2, 0.25) is 0 Å². The predicted molar refractivity (Wildman–Crippen MR) is 80.9 cm³/mol. The zero-order chi connectivity index (χ0) is 17.4. The van der Waals surface area contributed by atoms with E-state index in [-0.39, 0.29) is 23.4 Å². The molecule has 23 heavy (non-hydrogen) atoms. The molecule has 2 rings (SSSR count). The maximum Gasteiger partial charge on any atom is 0.343 e. The number of aliphatic carboxylic acids is 1. The number of nitrogens with zero attached hydrogens (tertiary/aromatic N) is 1. The highest BCUT2D eigenvalue weighted by atomic mass is 32.2. The molecule has 1 unspecified atom stereocenters. The zero-order valence-electron chi connectivity index (χ0n) is 12.9. The molecule has 0 spiro atoms. The van der Waals surface area contributed by atoms with E-state index in [1.54, 1.807) is 6.07 Å². The first-order valence-electron chi connectivity index (χ1n) is 7.13. The first-order valence-corrected chi connectivity index (χ1v) is 9.02. The molecule has 1 amide bonds. The molecular weight excluding hydrogens is 325 g/mol. The average molecular weight is 343 g/mol. The van der Waals surface area contributed by atoms with E-state index in [1.807, 2.05) is 6.92 Å². The highest BCUT2D eigenvalue weighted by Gasteiger charge is 2.47. The van der Waals surface area contributed by atoms with Crippen LogP contribution in [0, 0.1) is 0 Å². The summed E-state index contributed by atoms with van der Waals surface area (Å²) in [6.45, 7) is 1.26. The number of halogens is 1. The van der Waals surface area contributed by atoms with Crippen molar-refractivity contribution in [3.63, 3.8) is 0 Å². The summed E-state index contributed by atoms with van der Waals surface area (Å²) in [5.74, 6) is -2.14. The number of hydrogen-bond donors (Lipinski definition) is 1. The van der Waals surface area contributed by atoms with Crippen LogP contribution in [-0.4, -0.2) is 55.3 Å². The molecule has 1 aromatic carbocycles. The van der Waals surface area contributed by atoms with Gasteiger partial charge in [0.15, 0.2) is 9.84 Å². The molecule has 0 radical (unpaired) electrons. The van der Waals surface area contributed by atoms with Crippen molar-refractivity contribution in [3.05, 3.63) is 29.3 Å². The number of likely N-dealkylation sites (tertiary alicyclic amines) is 1. The number of benzene rings is 1. The van der Waals surface area contributed by atoms with Crippen molar-refractivity contribution in [2.45, 2.75) is 30.3 Å². The van der Waals surface area contributed by atoms with Gasteiger partial charge in [-0.1, -0.05) is 13.0 Å². The standard InChI is InChI=1S/C15H18FNO5S/c1-3-10-4-5-11(23(2,21)22)8-12(10)13(18)17-7-6-15(16,9-17)14(19)20/h4-5,8H,3,6-7,9H2,1-2H3,(H,19,20). The van der Waals surface area contributed by atoms with Gasteiger partial charge in [0.1, 0.15) is 0 Å². The number of hydrogen-bond acceptors (Lipinski definition) is 4. The Hall–Kier alpha value is -1.96. The first kappa shape index (κ1) is 17.4. The van der Waals surface area contributed by atoms with E-state index >= 15 is 0 Å². The highest BCUT2D eigenvalue weighted by molar-refractivity contribution is 7.90. The van der Waals surface area contributed by atoms with Gasteiger partial charge in [0.2, 0.25) is 5.67 Å². The SMILES string of the molecule is CCc1ccc(S(C)(=O)=O)cc1C(=O)N1CCC(F)(C(=O)O)C1. The van der Waals surface area contributed by atoms with Crippen LogP contribution in [0.4, 0.5) is 4.39 Å². The van der Waals surface area contributed by atoms with Crippen molar-refractivity contribution in [2.75, 3.05) is 19.3 Å². The Labute approximate surface area is 133 Å². The number of alkyl halides is 1. The van der Waals surface area contributed by atoms with Gasteiger partial charge in [-0.15, -0.1) is 0 Å². The zero-order valence-corrected chi connectivity index (χ0v) is 13.7. The van der Waals surface area contributed by atoms with E-state index in [1.165, 1.54) is 12.1 Å². The van der Waals surface area contributed by atoms with Gasteiger partial charge in [0.05, 0.1) is 11.4 Å². The fourth-order valence-corrected chi connectivity index (χ4v) is 3.23. The molecule has 1 saturated heterocycles. The van der Waals surface area contributed by atoms with Crippen molar-refractivity contribution in [3.8, 4) is 0 Å². The van der Waals surface area contributed by atoms with Gasteiger partial charge in [0, 0.05) is 24.8 Å². The molecule has 0 bridgehead atoms. The largest absolute Gasteiger partial charge is 0.479 e. The summed E-state index contributed by atoms with van der Waals surface area (Å²) in [6, 6.07) is 4.25. The van der Waals surface area contributed by atoms with Crippen LogP contribution in [-0.2, 0) is 21.1 Å². The first-order chi connectivity index (χ1) is 10.6. The van der Waals surface area contributed by atoms with Gasteiger partial charge in [0.25, 0.3) is 5.91 Å². The molecular formula is C15H18FNO5S. The number of sulfone groups is 1. The number of amides is 1. The van der Waals surface area contributed by atoms with Crippen LogP contribution in [0.25, 0.3) is 0 Å². The lowest BCUT2D eigenvalue weighted by Gasteiger charge is -2.19. The molecule has 1 N–H and O–H groups in total. The minimum absolute atomic E-state index is 0.00185. The summed E-state index contributed by atoms with van der Waals surface area (Å²) in [6.07, 6.45) is 1.26. The topological polar surface area (TPSA) is 91.8 Å². The van der Waals surface area contributed by atoms with Crippen LogP contribution in [0.15, 0.2) is 23.1 Å². The molecule has 8 heteroatoms.